The minimum Gasteiger partial charge on any atom is -0.325 e. The van der Waals surface area contributed by atoms with Crippen LogP contribution >= 0.6 is 34.8 Å². The molecule has 7 heteroatoms. The van der Waals surface area contributed by atoms with Crippen LogP contribution < -0.4 is 5.32 Å². The standard InChI is InChI=1S/C19H20Cl3N3O/c20-15-3-1-2-14(10-15)12-24-6-8-25(9-7-24)13-19(26)23-16-4-5-17(21)18(22)11-16/h1-5,10-11H,6-9,12-13H2,(H,23,26). The molecule has 1 saturated heterocycles. The van der Waals surface area contributed by atoms with Crippen LogP contribution in [0.1, 0.15) is 5.56 Å². The molecule has 1 aliphatic heterocycles. The number of carbonyl (C=O) groups is 1. The molecule has 26 heavy (non-hydrogen) atoms. The summed E-state index contributed by atoms with van der Waals surface area (Å²) in [5, 5.41) is 4.53. The first kappa shape index (κ1) is 19.5. The van der Waals surface area contributed by atoms with Crippen molar-refractivity contribution < 1.29 is 4.79 Å². The highest BCUT2D eigenvalue weighted by molar-refractivity contribution is 6.42. The monoisotopic (exact) mass is 411 g/mol. The van der Waals surface area contributed by atoms with Crippen LogP contribution in [0.25, 0.3) is 0 Å². The van der Waals surface area contributed by atoms with Gasteiger partial charge in [-0.15, -0.1) is 0 Å². The molecule has 4 nitrogen and oxygen atoms in total. The highest BCUT2D eigenvalue weighted by atomic mass is 35.5. The van der Waals surface area contributed by atoms with Crippen LogP contribution in [0.4, 0.5) is 5.69 Å². The first-order valence-electron chi connectivity index (χ1n) is 8.43. The maximum Gasteiger partial charge on any atom is 0.238 e. The molecule has 1 fully saturated rings. The summed E-state index contributed by atoms with van der Waals surface area (Å²) >= 11 is 17.9. The van der Waals surface area contributed by atoms with Crippen LogP contribution in [0.2, 0.25) is 15.1 Å². The Morgan fingerprint density at radius 1 is 0.923 bits per heavy atom. The maximum absolute atomic E-state index is 12.2. The summed E-state index contributed by atoms with van der Waals surface area (Å²) in [4.78, 5) is 16.8. The van der Waals surface area contributed by atoms with Crippen LogP contribution in [0.3, 0.4) is 0 Å². The summed E-state index contributed by atoms with van der Waals surface area (Å²) in [5.41, 5.74) is 1.87. The maximum atomic E-state index is 12.2. The number of amides is 1. The van der Waals surface area contributed by atoms with Crippen molar-refractivity contribution in [1.29, 1.82) is 0 Å². The van der Waals surface area contributed by atoms with Crippen molar-refractivity contribution in [2.45, 2.75) is 6.54 Å². The van der Waals surface area contributed by atoms with Gasteiger partial charge < -0.3 is 5.32 Å². The van der Waals surface area contributed by atoms with E-state index in [9.17, 15) is 4.79 Å². The van der Waals surface area contributed by atoms with Crippen molar-refractivity contribution in [3.05, 3.63) is 63.1 Å². The average molecular weight is 413 g/mol. The number of nitrogens with one attached hydrogen (secondary N) is 1. The molecule has 1 amide bonds. The first-order chi connectivity index (χ1) is 12.5. The third kappa shape index (κ3) is 5.60. The molecular formula is C19H20Cl3N3O. The highest BCUT2D eigenvalue weighted by Gasteiger charge is 2.19. The Bertz CT molecular complexity index is 776. The van der Waals surface area contributed by atoms with Crippen molar-refractivity contribution in [2.75, 3.05) is 38.0 Å². The van der Waals surface area contributed by atoms with Gasteiger partial charge in [0, 0.05) is 43.4 Å². The summed E-state index contributed by atoms with van der Waals surface area (Å²) in [6, 6.07) is 13.0. The Morgan fingerprint density at radius 3 is 2.35 bits per heavy atom. The van der Waals surface area contributed by atoms with Gasteiger partial charge in [0.25, 0.3) is 0 Å². The van der Waals surface area contributed by atoms with E-state index in [1.807, 2.05) is 18.2 Å². The number of halogens is 3. The summed E-state index contributed by atoms with van der Waals surface area (Å²) < 4.78 is 0. The SMILES string of the molecule is O=C(CN1CCN(Cc2cccc(Cl)c2)CC1)Nc1ccc(Cl)c(Cl)c1. The molecule has 0 aromatic heterocycles. The van der Waals surface area contributed by atoms with E-state index in [0.29, 0.717) is 22.3 Å². The lowest BCUT2D eigenvalue weighted by Crippen LogP contribution is -2.48. The predicted molar refractivity (Wildman–Crippen MR) is 108 cm³/mol. The van der Waals surface area contributed by atoms with Gasteiger partial charge in [-0.05, 0) is 35.9 Å². The van der Waals surface area contributed by atoms with Gasteiger partial charge in [-0.2, -0.15) is 0 Å². The Balaban J connectivity index is 1.44. The van der Waals surface area contributed by atoms with Gasteiger partial charge in [-0.1, -0.05) is 46.9 Å². The largest absolute Gasteiger partial charge is 0.325 e. The fourth-order valence-corrected chi connectivity index (χ4v) is 3.49. The van der Waals surface area contributed by atoms with E-state index in [1.54, 1.807) is 18.2 Å². The zero-order valence-electron chi connectivity index (χ0n) is 14.2. The fraction of sp³-hybridized carbons (Fsp3) is 0.316. The molecule has 0 aliphatic carbocycles. The predicted octanol–water partition coefficient (Wildman–Crippen LogP) is 4.40. The van der Waals surface area contributed by atoms with Crippen molar-refractivity contribution >= 4 is 46.4 Å². The third-order valence-electron chi connectivity index (χ3n) is 4.33. The van der Waals surface area contributed by atoms with Crippen LogP contribution in [-0.4, -0.2) is 48.4 Å². The molecule has 1 aliphatic rings. The van der Waals surface area contributed by atoms with Gasteiger partial charge in [0.2, 0.25) is 5.91 Å². The normalized spacial score (nSPS) is 15.8. The van der Waals surface area contributed by atoms with Crippen LogP contribution in [0.5, 0.6) is 0 Å². The fourth-order valence-electron chi connectivity index (χ4n) is 2.98. The quantitative estimate of drug-likeness (QED) is 0.790. The van der Waals surface area contributed by atoms with Gasteiger partial charge in [0.15, 0.2) is 0 Å². The van der Waals surface area contributed by atoms with Crippen LogP contribution in [-0.2, 0) is 11.3 Å². The van der Waals surface area contributed by atoms with E-state index in [1.165, 1.54) is 5.56 Å². The minimum absolute atomic E-state index is 0.0494. The van der Waals surface area contributed by atoms with Crippen LogP contribution in [0.15, 0.2) is 42.5 Å². The van der Waals surface area contributed by atoms with Crippen molar-refractivity contribution in [3.63, 3.8) is 0 Å². The lowest BCUT2D eigenvalue weighted by molar-refractivity contribution is -0.117. The topological polar surface area (TPSA) is 35.6 Å². The molecule has 0 spiro atoms. The second-order valence-corrected chi connectivity index (χ2v) is 7.61. The van der Waals surface area contributed by atoms with E-state index in [2.05, 4.69) is 21.2 Å². The molecule has 0 bridgehead atoms. The molecule has 0 unspecified atom stereocenters. The molecule has 1 heterocycles. The van der Waals surface area contributed by atoms with Crippen molar-refractivity contribution in [1.82, 2.24) is 9.80 Å². The van der Waals surface area contributed by atoms with Gasteiger partial charge in [-0.3, -0.25) is 14.6 Å². The molecule has 138 valence electrons. The molecule has 0 saturated carbocycles. The molecule has 0 radical (unpaired) electrons. The van der Waals surface area contributed by atoms with Gasteiger partial charge in [0.05, 0.1) is 16.6 Å². The van der Waals surface area contributed by atoms with E-state index < -0.39 is 0 Å². The Morgan fingerprint density at radius 2 is 1.65 bits per heavy atom. The smallest absolute Gasteiger partial charge is 0.238 e. The number of hydrogen-bond acceptors (Lipinski definition) is 3. The number of rotatable bonds is 5. The Labute approximate surface area is 168 Å². The zero-order valence-corrected chi connectivity index (χ0v) is 16.5. The van der Waals surface area contributed by atoms with Crippen LogP contribution in [0, 0.1) is 0 Å². The van der Waals surface area contributed by atoms with E-state index in [0.717, 1.165) is 37.7 Å². The van der Waals surface area contributed by atoms with Gasteiger partial charge in [-0.25, -0.2) is 0 Å². The Hall–Kier alpha value is -1.30. The van der Waals surface area contributed by atoms with Crippen molar-refractivity contribution in [3.8, 4) is 0 Å². The van der Waals surface area contributed by atoms with Crippen molar-refractivity contribution in [2.24, 2.45) is 0 Å². The first-order valence-corrected chi connectivity index (χ1v) is 9.57. The summed E-state index contributed by atoms with van der Waals surface area (Å²) in [5.74, 6) is -0.0494. The van der Waals surface area contributed by atoms with E-state index >= 15 is 0 Å². The Kier molecular flexibility index (Phi) is 6.79. The lowest BCUT2D eigenvalue weighted by Gasteiger charge is -2.34. The number of anilines is 1. The van der Waals surface area contributed by atoms with Gasteiger partial charge >= 0.3 is 0 Å². The lowest BCUT2D eigenvalue weighted by atomic mass is 10.2. The molecule has 1 N–H and O–H groups in total. The average Bonchev–Trinajstić information content (AvgIpc) is 2.60. The highest BCUT2D eigenvalue weighted by Crippen LogP contribution is 2.25. The number of nitrogens with zero attached hydrogens (tertiary/aromatic N) is 2. The molecule has 2 aromatic rings. The summed E-state index contributed by atoms with van der Waals surface area (Å²) in [7, 11) is 0. The molecule has 3 rings (SSSR count). The number of hydrogen-bond donors (Lipinski definition) is 1. The second kappa shape index (κ2) is 9.07. The number of benzene rings is 2. The zero-order chi connectivity index (χ0) is 18.5. The third-order valence-corrected chi connectivity index (χ3v) is 5.30. The van der Waals surface area contributed by atoms with E-state index in [-0.39, 0.29) is 5.91 Å². The minimum atomic E-state index is -0.0494. The summed E-state index contributed by atoms with van der Waals surface area (Å²) in [6.45, 7) is 4.80. The molecule has 0 atom stereocenters. The summed E-state index contributed by atoms with van der Waals surface area (Å²) in [6.07, 6.45) is 0. The molecule has 2 aromatic carbocycles. The van der Waals surface area contributed by atoms with E-state index in [4.69, 9.17) is 34.8 Å². The number of piperazine rings is 1. The second-order valence-electron chi connectivity index (χ2n) is 6.36. The number of carbonyl (C=O) groups excluding carboxylic acids is 1. The van der Waals surface area contributed by atoms with Gasteiger partial charge in [0.1, 0.15) is 0 Å². The molecular weight excluding hydrogens is 393 g/mol.